The Morgan fingerprint density at radius 3 is 2.47 bits per heavy atom. The zero-order chi connectivity index (χ0) is 16.3. The summed E-state index contributed by atoms with van der Waals surface area (Å²) in [5.74, 6) is 0.308. The van der Waals surface area contributed by atoms with Gasteiger partial charge in [0.2, 0.25) is 0 Å². The van der Waals surface area contributed by atoms with Gasteiger partial charge in [0, 0.05) is 49.3 Å². The Morgan fingerprint density at radius 2 is 1.94 bits per heavy atom. The average Bonchev–Trinajstić information content (AvgIpc) is 2.40. The predicted molar refractivity (Wildman–Crippen MR) is 73.5 cm³/mol. The van der Waals surface area contributed by atoms with E-state index in [9.17, 15) is 4.57 Å². The van der Waals surface area contributed by atoms with Crippen LogP contribution >= 0.6 is 42.5 Å². The molecule has 1 aliphatic rings. The lowest BCUT2D eigenvalue weighted by molar-refractivity contribution is 0.171. The fourth-order valence-electron chi connectivity index (χ4n) is 1.43. The zero-order valence-corrected chi connectivity index (χ0v) is 12.4. The van der Waals surface area contributed by atoms with Gasteiger partial charge in [0.05, 0.1) is 6.61 Å². The molecule has 0 amide bonds. The van der Waals surface area contributed by atoms with E-state index in [1.807, 2.05) is 0 Å². The minimum absolute atomic E-state index is 0.0153. The second-order valence-electron chi connectivity index (χ2n) is 3.20. The third-order valence-electron chi connectivity index (χ3n) is 2.16. The van der Waals surface area contributed by atoms with E-state index in [2.05, 4.69) is 0 Å². The topological polar surface area (TPSA) is 32.8 Å². The Bertz CT molecular complexity index is 399. The Labute approximate surface area is 123 Å². The molecule has 0 spiro atoms. The van der Waals surface area contributed by atoms with Crippen molar-refractivity contribution in [2.75, 3.05) is 50.4 Å². The molecule has 4 nitrogen and oxygen atoms in total. The number of alkyl halides is 3. The summed E-state index contributed by atoms with van der Waals surface area (Å²) in [6.07, 6.45) is -2.30. The van der Waals surface area contributed by atoms with Gasteiger partial charge in [0.1, 0.15) is 0 Å². The van der Waals surface area contributed by atoms with Crippen molar-refractivity contribution in [2.45, 2.75) is 6.37 Å². The highest BCUT2D eigenvalue weighted by molar-refractivity contribution is 7.54. The zero-order valence-electron chi connectivity index (χ0n) is 13.2. The van der Waals surface area contributed by atoms with Crippen molar-refractivity contribution < 1.29 is 14.6 Å². The number of halogens is 3. The number of hydrogen-bond donors (Lipinski definition) is 0. The molecule has 0 aliphatic carbocycles. The van der Waals surface area contributed by atoms with Gasteiger partial charge in [-0.15, -0.1) is 34.8 Å². The van der Waals surface area contributed by atoms with Crippen LogP contribution in [0, 0.1) is 0 Å². The molecular weight excluding hydrogens is 305 g/mol. The first-order chi connectivity index (χ1) is 9.67. The van der Waals surface area contributed by atoms with Crippen molar-refractivity contribution in [1.82, 2.24) is 9.34 Å². The molecule has 1 fully saturated rings. The van der Waals surface area contributed by atoms with Crippen LogP contribution in [-0.4, -0.2) is 59.7 Å². The number of nitrogens with zero attached hydrogens (tertiary/aromatic N) is 2. The smallest absolute Gasteiger partial charge is 0.306 e. The first-order valence-electron chi connectivity index (χ1n) is 7.13. The normalized spacial score (nSPS) is 36.0. The van der Waals surface area contributed by atoms with Crippen LogP contribution in [0.25, 0.3) is 0 Å². The third kappa shape index (κ3) is 4.24. The van der Waals surface area contributed by atoms with E-state index in [1.54, 1.807) is 0 Å². The molecule has 102 valence electrons. The molecular formula is C9H18Cl3N2O2P. The maximum atomic E-state index is 13.2. The Morgan fingerprint density at radius 1 is 1.29 bits per heavy atom. The molecule has 0 saturated carbocycles. The van der Waals surface area contributed by atoms with Crippen molar-refractivity contribution in [3.05, 3.63) is 0 Å². The van der Waals surface area contributed by atoms with Crippen LogP contribution in [0.4, 0.5) is 0 Å². The van der Waals surface area contributed by atoms with Gasteiger partial charge in [-0.05, 0) is 6.37 Å². The Balaban J connectivity index is 3.21. The molecule has 0 aromatic rings. The van der Waals surface area contributed by atoms with Gasteiger partial charge >= 0.3 is 7.67 Å². The summed E-state index contributed by atoms with van der Waals surface area (Å²) in [5, 5.41) is 0. The van der Waals surface area contributed by atoms with E-state index in [-0.39, 0.29) is 37.3 Å². The summed E-state index contributed by atoms with van der Waals surface area (Å²) in [5.41, 5.74) is 0. The van der Waals surface area contributed by atoms with Crippen LogP contribution in [-0.2, 0) is 9.09 Å². The maximum absolute atomic E-state index is 13.2. The Hall–Kier alpha value is 0.980. The molecule has 1 atom stereocenters. The molecule has 1 aliphatic heterocycles. The molecule has 0 aromatic heterocycles. The number of hydrogen-bond acceptors (Lipinski definition) is 2. The standard InChI is InChI=1S/C9H18Cl3N2O2P/c10-2-6-13-5-1-9-16-17(13,15)14(7-3-11)8-4-12/h1-9H2/i1D2,5D2. The lowest BCUT2D eigenvalue weighted by Crippen LogP contribution is -2.39. The highest BCUT2D eigenvalue weighted by Gasteiger charge is 2.40. The van der Waals surface area contributed by atoms with E-state index < -0.39 is 27.1 Å². The maximum Gasteiger partial charge on any atom is 0.346 e. The quantitative estimate of drug-likeness (QED) is 0.532. The fraction of sp³-hybridized carbons (Fsp3) is 1.00. The van der Waals surface area contributed by atoms with Crippen molar-refractivity contribution in [2.24, 2.45) is 0 Å². The summed E-state index contributed by atoms with van der Waals surface area (Å²) < 4.78 is 52.2. The minimum atomic E-state index is -3.79. The monoisotopic (exact) mass is 326 g/mol. The number of rotatable bonds is 7. The summed E-state index contributed by atoms with van der Waals surface area (Å²) in [4.78, 5) is 0. The SMILES string of the molecule is [2H]C1([2H])COP(=O)(N(CCCl)CCCl)N(CCCl)C1([2H])[2H]. The summed E-state index contributed by atoms with van der Waals surface area (Å²) in [6, 6.07) is 0. The molecule has 0 radical (unpaired) electrons. The van der Waals surface area contributed by atoms with Gasteiger partial charge < -0.3 is 4.52 Å². The lowest BCUT2D eigenvalue weighted by atomic mass is 10.4. The molecule has 1 heterocycles. The summed E-state index contributed by atoms with van der Waals surface area (Å²) in [6.45, 7) is -2.84. The van der Waals surface area contributed by atoms with E-state index in [0.717, 1.165) is 4.67 Å². The largest absolute Gasteiger partial charge is 0.346 e. The highest BCUT2D eigenvalue weighted by Crippen LogP contribution is 2.56. The van der Waals surface area contributed by atoms with Gasteiger partial charge in [0.25, 0.3) is 0 Å². The fourth-order valence-corrected chi connectivity index (χ4v) is 4.46. The molecule has 1 unspecified atom stereocenters. The first kappa shape index (κ1) is 10.7. The van der Waals surface area contributed by atoms with E-state index >= 15 is 0 Å². The second kappa shape index (κ2) is 8.21. The average molecular weight is 328 g/mol. The second-order valence-corrected chi connectivity index (χ2v) is 6.62. The minimum Gasteiger partial charge on any atom is -0.306 e. The van der Waals surface area contributed by atoms with Gasteiger partial charge in [-0.2, -0.15) is 0 Å². The van der Waals surface area contributed by atoms with Crippen LogP contribution < -0.4 is 0 Å². The van der Waals surface area contributed by atoms with Crippen LogP contribution in [0.2, 0.25) is 0 Å². The van der Waals surface area contributed by atoms with Crippen molar-refractivity contribution >= 4 is 42.5 Å². The van der Waals surface area contributed by atoms with E-state index in [0.29, 0.717) is 0 Å². The molecule has 0 N–H and O–H groups in total. The van der Waals surface area contributed by atoms with Crippen molar-refractivity contribution in [3.63, 3.8) is 0 Å². The summed E-state index contributed by atoms with van der Waals surface area (Å²) >= 11 is 17.0. The lowest BCUT2D eigenvalue weighted by Gasteiger charge is -2.40. The molecule has 1 rings (SSSR count). The Kier molecular flexibility index (Phi) is 5.18. The molecule has 1 saturated heterocycles. The van der Waals surface area contributed by atoms with Gasteiger partial charge in [-0.1, -0.05) is 0 Å². The van der Waals surface area contributed by atoms with Crippen LogP contribution in [0.1, 0.15) is 11.9 Å². The van der Waals surface area contributed by atoms with Gasteiger partial charge in [-0.25, -0.2) is 9.34 Å². The van der Waals surface area contributed by atoms with Crippen LogP contribution in [0.3, 0.4) is 0 Å². The van der Waals surface area contributed by atoms with Gasteiger partial charge in [-0.3, -0.25) is 4.57 Å². The molecule has 0 bridgehead atoms. The van der Waals surface area contributed by atoms with Crippen LogP contribution in [0.5, 0.6) is 0 Å². The van der Waals surface area contributed by atoms with Crippen molar-refractivity contribution in [1.29, 1.82) is 0 Å². The van der Waals surface area contributed by atoms with E-state index in [4.69, 9.17) is 44.8 Å². The molecule has 0 aromatic carbocycles. The van der Waals surface area contributed by atoms with Crippen LogP contribution in [0.15, 0.2) is 0 Å². The highest BCUT2D eigenvalue weighted by atomic mass is 35.5. The first-order valence-corrected chi connectivity index (χ1v) is 8.27. The predicted octanol–water partition coefficient (Wildman–Crippen LogP) is 2.84. The van der Waals surface area contributed by atoms with Crippen molar-refractivity contribution in [3.8, 4) is 0 Å². The van der Waals surface area contributed by atoms with Gasteiger partial charge in [0.15, 0.2) is 0 Å². The summed E-state index contributed by atoms with van der Waals surface area (Å²) in [7, 11) is -3.79. The molecule has 17 heavy (non-hydrogen) atoms. The molecule has 8 heteroatoms. The van der Waals surface area contributed by atoms with E-state index in [1.165, 1.54) is 4.67 Å². The third-order valence-corrected chi connectivity index (χ3v) is 5.15.